The van der Waals surface area contributed by atoms with Gasteiger partial charge >= 0.3 is 0 Å². The summed E-state index contributed by atoms with van der Waals surface area (Å²) in [6, 6.07) is 5.69. The van der Waals surface area contributed by atoms with Gasteiger partial charge in [-0.05, 0) is 24.3 Å². The first-order valence-electron chi connectivity index (χ1n) is 6.96. The summed E-state index contributed by atoms with van der Waals surface area (Å²) in [4.78, 5) is 51.5. The zero-order chi connectivity index (χ0) is 18.1. The fourth-order valence-electron chi connectivity index (χ4n) is 2.28. The largest absolute Gasteiger partial charge is 0.357 e. The molecule has 1 aliphatic heterocycles. The van der Waals surface area contributed by atoms with Crippen LogP contribution in [0.25, 0.3) is 0 Å². The van der Waals surface area contributed by atoms with E-state index in [1.807, 2.05) is 0 Å². The van der Waals surface area contributed by atoms with Gasteiger partial charge in [0.2, 0.25) is 0 Å². The highest BCUT2D eigenvalue weighted by atomic mass is 35.5. The van der Waals surface area contributed by atoms with Crippen LogP contribution >= 0.6 is 23.2 Å². The van der Waals surface area contributed by atoms with Gasteiger partial charge in [-0.3, -0.25) is 34.9 Å². The Morgan fingerprint density at radius 1 is 1.04 bits per heavy atom. The molecule has 0 spiro atoms. The van der Waals surface area contributed by atoms with Crippen molar-refractivity contribution in [3.05, 3.63) is 57.3 Å². The van der Waals surface area contributed by atoms with Crippen molar-refractivity contribution in [2.75, 3.05) is 6.54 Å². The van der Waals surface area contributed by atoms with Gasteiger partial charge in [0, 0.05) is 6.20 Å². The predicted octanol–water partition coefficient (Wildman–Crippen LogP) is 1.38. The average Bonchev–Trinajstić information content (AvgIpc) is 3.19. The van der Waals surface area contributed by atoms with E-state index in [1.54, 1.807) is 12.3 Å². The molecule has 4 amide bonds. The number of imide groups is 1. The minimum Gasteiger partial charge on any atom is -0.357 e. The van der Waals surface area contributed by atoms with E-state index in [0.29, 0.717) is 0 Å². The fraction of sp³-hybridized carbons (Fsp3) is 0.0667. The van der Waals surface area contributed by atoms with Crippen LogP contribution in [0.2, 0.25) is 10.0 Å². The third-order valence-corrected chi connectivity index (χ3v) is 4.19. The van der Waals surface area contributed by atoms with Crippen molar-refractivity contribution in [2.24, 2.45) is 0 Å². The average molecular weight is 381 g/mol. The van der Waals surface area contributed by atoms with Gasteiger partial charge in [0.15, 0.2) is 0 Å². The topological polar surface area (TPSA) is 111 Å². The number of halogens is 2. The molecule has 0 atom stereocenters. The summed E-state index contributed by atoms with van der Waals surface area (Å²) in [5, 5.41) is 0.261. The SMILES string of the molecule is O=C(CN1C(=O)c2cc(Cl)c(Cl)cc2C1=O)NNC(=O)c1ccc[nH]1. The Labute approximate surface area is 151 Å². The molecule has 0 radical (unpaired) electrons. The smallest absolute Gasteiger partial charge is 0.286 e. The van der Waals surface area contributed by atoms with Gasteiger partial charge in [-0.25, -0.2) is 0 Å². The van der Waals surface area contributed by atoms with Gasteiger partial charge in [0.25, 0.3) is 23.6 Å². The molecule has 0 fully saturated rings. The quantitative estimate of drug-likeness (QED) is 0.551. The Bertz CT molecular complexity index is 854. The van der Waals surface area contributed by atoms with Crippen LogP contribution < -0.4 is 10.9 Å². The summed E-state index contributed by atoms with van der Waals surface area (Å²) in [7, 11) is 0. The van der Waals surface area contributed by atoms with E-state index >= 15 is 0 Å². The minimum absolute atomic E-state index is 0.0719. The number of carbonyl (C=O) groups is 4. The molecule has 0 unspecified atom stereocenters. The van der Waals surface area contributed by atoms with Crippen LogP contribution in [0.3, 0.4) is 0 Å². The molecular formula is C15H10Cl2N4O4. The maximum absolute atomic E-state index is 12.3. The van der Waals surface area contributed by atoms with Crippen molar-refractivity contribution in [3.8, 4) is 0 Å². The number of H-pyrrole nitrogens is 1. The highest BCUT2D eigenvalue weighted by Crippen LogP contribution is 2.31. The maximum atomic E-state index is 12.3. The second-order valence-corrected chi connectivity index (χ2v) is 5.91. The summed E-state index contributed by atoms with van der Waals surface area (Å²) in [6.45, 7) is -0.563. The first-order chi connectivity index (χ1) is 11.9. The summed E-state index contributed by atoms with van der Waals surface area (Å²) in [6.07, 6.45) is 1.55. The standard InChI is InChI=1S/C15H10Cl2N4O4/c16-9-4-7-8(5-10(9)17)15(25)21(14(7)24)6-12(22)19-20-13(23)11-2-1-3-18-11/h1-5,18H,6H2,(H,19,22)(H,20,23). The van der Waals surface area contributed by atoms with Crippen LogP contribution in [0.1, 0.15) is 31.2 Å². The summed E-state index contributed by atoms with van der Waals surface area (Å²) in [5.41, 5.74) is 4.68. The van der Waals surface area contributed by atoms with Crippen molar-refractivity contribution in [1.82, 2.24) is 20.7 Å². The van der Waals surface area contributed by atoms with Crippen LogP contribution in [-0.4, -0.2) is 40.1 Å². The van der Waals surface area contributed by atoms with Gasteiger partial charge in [-0.2, -0.15) is 0 Å². The van der Waals surface area contributed by atoms with Crippen LogP contribution in [0.4, 0.5) is 0 Å². The minimum atomic E-state index is -0.744. The van der Waals surface area contributed by atoms with Crippen LogP contribution in [0.5, 0.6) is 0 Å². The van der Waals surface area contributed by atoms with Gasteiger partial charge in [-0.1, -0.05) is 23.2 Å². The number of aromatic amines is 1. The molecule has 0 saturated carbocycles. The van der Waals surface area contributed by atoms with E-state index < -0.39 is 30.2 Å². The van der Waals surface area contributed by atoms with E-state index in [1.165, 1.54) is 18.2 Å². The number of rotatable bonds is 3. The van der Waals surface area contributed by atoms with Gasteiger partial charge in [-0.15, -0.1) is 0 Å². The lowest BCUT2D eigenvalue weighted by molar-refractivity contribution is -0.122. The number of hydrogen-bond donors (Lipinski definition) is 3. The Kier molecular flexibility index (Phi) is 4.47. The summed E-state index contributed by atoms with van der Waals surface area (Å²) >= 11 is 11.7. The molecule has 2 heterocycles. The Morgan fingerprint density at radius 2 is 1.64 bits per heavy atom. The molecular weight excluding hydrogens is 371 g/mol. The van der Waals surface area contributed by atoms with Crippen molar-refractivity contribution >= 4 is 46.8 Å². The van der Waals surface area contributed by atoms with Crippen LogP contribution in [0, 0.1) is 0 Å². The lowest BCUT2D eigenvalue weighted by Crippen LogP contribution is -2.47. The van der Waals surface area contributed by atoms with Crippen LogP contribution in [0.15, 0.2) is 30.5 Å². The number of aromatic nitrogens is 1. The number of nitrogens with one attached hydrogen (secondary N) is 3. The molecule has 128 valence electrons. The molecule has 1 aliphatic rings. The highest BCUT2D eigenvalue weighted by molar-refractivity contribution is 6.43. The fourth-order valence-corrected chi connectivity index (χ4v) is 2.60. The summed E-state index contributed by atoms with van der Waals surface area (Å²) in [5.74, 6) is -2.64. The first kappa shape index (κ1) is 17.0. The Morgan fingerprint density at radius 3 is 2.16 bits per heavy atom. The predicted molar refractivity (Wildman–Crippen MR) is 88.2 cm³/mol. The third kappa shape index (κ3) is 3.21. The molecule has 0 saturated heterocycles. The number of nitrogens with zero attached hydrogens (tertiary/aromatic N) is 1. The number of amides is 4. The van der Waals surface area contributed by atoms with E-state index in [2.05, 4.69) is 15.8 Å². The normalized spacial score (nSPS) is 13.0. The van der Waals surface area contributed by atoms with E-state index in [9.17, 15) is 19.2 Å². The molecule has 1 aromatic carbocycles. The molecule has 3 rings (SSSR count). The molecule has 3 N–H and O–H groups in total. The van der Waals surface area contributed by atoms with Crippen molar-refractivity contribution in [2.45, 2.75) is 0 Å². The lowest BCUT2D eigenvalue weighted by Gasteiger charge is -2.13. The molecule has 25 heavy (non-hydrogen) atoms. The number of benzene rings is 1. The van der Waals surface area contributed by atoms with E-state index in [4.69, 9.17) is 23.2 Å². The maximum Gasteiger partial charge on any atom is 0.286 e. The zero-order valence-corrected chi connectivity index (χ0v) is 13.9. The molecule has 0 bridgehead atoms. The van der Waals surface area contributed by atoms with Crippen molar-refractivity contribution in [1.29, 1.82) is 0 Å². The Balaban J connectivity index is 1.65. The second-order valence-electron chi connectivity index (χ2n) is 5.09. The Hall–Kier alpha value is -2.84. The molecule has 0 aliphatic carbocycles. The van der Waals surface area contributed by atoms with E-state index in [-0.39, 0.29) is 26.9 Å². The third-order valence-electron chi connectivity index (χ3n) is 3.47. The number of fused-ring (bicyclic) bond motifs is 1. The molecule has 8 nitrogen and oxygen atoms in total. The second kappa shape index (κ2) is 6.58. The van der Waals surface area contributed by atoms with Crippen LogP contribution in [-0.2, 0) is 4.79 Å². The number of hydrogen-bond acceptors (Lipinski definition) is 4. The molecule has 1 aromatic heterocycles. The van der Waals surface area contributed by atoms with Gasteiger partial charge in [0.05, 0.1) is 21.2 Å². The lowest BCUT2D eigenvalue weighted by atomic mass is 10.1. The highest BCUT2D eigenvalue weighted by Gasteiger charge is 2.37. The van der Waals surface area contributed by atoms with Gasteiger partial charge in [0.1, 0.15) is 12.2 Å². The number of carbonyl (C=O) groups excluding carboxylic acids is 4. The van der Waals surface area contributed by atoms with Gasteiger partial charge < -0.3 is 4.98 Å². The molecule has 2 aromatic rings. The monoisotopic (exact) mass is 380 g/mol. The molecule has 10 heteroatoms. The van der Waals surface area contributed by atoms with E-state index in [0.717, 1.165) is 4.90 Å². The first-order valence-corrected chi connectivity index (χ1v) is 7.72. The number of hydrazine groups is 1. The van der Waals surface area contributed by atoms with Crippen molar-refractivity contribution in [3.63, 3.8) is 0 Å². The van der Waals surface area contributed by atoms with Crippen molar-refractivity contribution < 1.29 is 19.2 Å². The summed E-state index contributed by atoms with van der Waals surface area (Å²) < 4.78 is 0. The zero-order valence-electron chi connectivity index (χ0n) is 12.4.